The van der Waals surface area contributed by atoms with Crippen molar-refractivity contribution in [2.24, 2.45) is 0 Å². The minimum absolute atomic E-state index is 0.393. The average molecular weight is 296 g/mol. The Kier molecular flexibility index (Phi) is 6.02. The maximum Gasteiger partial charge on any atom is 0.211 e. The quantitative estimate of drug-likeness (QED) is 0.356. The van der Waals surface area contributed by atoms with Crippen LogP contribution in [0, 0.1) is 0 Å². The van der Waals surface area contributed by atoms with Crippen LogP contribution in [0.4, 0.5) is 0 Å². The molecular formula is C11H12N4O2S2. The number of aliphatic hydroxyl groups is 1. The van der Waals surface area contributed by atoms with Gasteiger partial charge in [-0.3, -0.25) is 0 Å². The summed E-state index contributed by atoms with van der Waals surface area (Å²) < 4.78 is 5.23. The summed E-state index contributed by atoms with van der Waals surface area (Å²) in [4.78, 5) is 16.1. The van der Waals surface area contributed by atoms with E-state index in [-0.39, 0.29) is 0 Å². The summed E-state index contributed by atoms with van der Waals surface area (Å²) >= 11 is 2.53. The van der Waals surface area contributed by atoms with Gasteiger partial charge in [0.25, 0.3) is 0 Å². The van der Waals surface area contributed by atoms with E-state index in [1.807, 2.05) is 0 Å². The van der Waals surface area contributed by atoms with Crippen molar-refractivity contribution in [3.63, 3.8) is 0 Å². The van der Waals surface area contributed by atoms with Crippen molar-refractivity contribution in [1.29, 1.82) is 0 Å². The molecule has 0 aliphatic heterocycles. The van der Waals surface area contributed by atoms with Crippen LogP contribution in [0.5, 0.6) is 0 Å². The predicted octanol–water partition coefficient (Wildman–Crippen LogP) is 1.44. The number of hydrogen-bond donors (Lipinski definition) is 1. The summed E-state index contributed by atoms with van der Waals surface area (Å²) in [7, 11) is 0. The van der Waals surface area contributed by atoms with Crippen LogP contribution in [0.15, 0.2) is 47.2 Å². The van der Waals surface area contributed by atoms with E-state index in [0.29, 0.717) is 22.7 Å². The highest BCUT2D eigenvalue weighted by Gasteiger charge is 2.08. The Balaban J connectivity index is 1.63. The fourth-order valence-electron chi connectivity index (χ4n) is 1.11. The van der Waals surface area contributed by atoms with E-state index in [0.717, 1.165) is 11.8 Å². The van der Waals surface area contributed by atoms with E-state index >= 15 is 0 Å². The van der Waals surface area contributed by atoms with Crippen molar-refractivity contribution >= 4 is 23.5 Å². The van der Waals surface area contributed by atoms with Gasteiger partial charge in [0.2, 0.25) is 5.62 Å². The highest BCUT2D eigenvalue weighted by Crippen LogP contribution is 2.18. The van der Waals surface area contributed by atoms with Crippen molar-refractivity contribution in [2.75, 3.05) is 12.4 Å². The summed E-state index contributed by atoms with van der Waals surface area (Å²) in [5.41, 5.74) is -0.973. The van der Waals surface area contributed by atoms with Gasteiger partial charge in [-0.1, -0.05) is 11.8 Å². The Morgan fingerprint density at radius 2 is 1.58 bits per heavy atom. The Morgan fingerprint density at radius 1 is 1.00 bits per heavy atom. The van der Waals surface area contributed by atoms with E-state index in [1.54, 1.807) is 36.9 Å². The number of hydrogen-bond acceptors (Lipinski definition) is 8. The molecule has 2 aromatic rings. The molecule has 0 bridgehead atoms. The highest BCUT2D eigenvalue weighted by atomic mass is 32.2. The lowest BCUT2D eigenvalue weighted by molar-refractivity contribution is -0.0252. The van der Waals surface area contributed by atoms with E-state index in [1.165, 1.54) is 11.8 Å². The van der Waals surface area contributed by atoms with Crippen LogP contribution in [0.2, 0.25) is 0 Å². The number of thioether (sulfide) groups is 2. The zero-order valence-electron chi connectivity index (χ0n) is 9.92. The smallest absolute Gasteiger partial charge is 0.211 e. The molecule has 1 N–H and O–H groups in total. The lowest BCUT2D eigenvalue weighted by Gasteiger charge is -2.09. The number of ether oxygens (including phenoxy) is 1. The van der Waals surface area contributed by atoms with Gasteiger partial charge in [0.1, 0.15) is 0 Å². The van der Waals surface area contributed by atoms with Crippen LogP contribution in [0.1, 0.15) is 0 Å². The van der Waals surface area contributed by atoms with Crippen LogP contribution >= 0.6 is 23.5 Å². The van der Waals surface area contributed by atoms with Crippen LogP contribution in [-0.2, 0) is 4.74 Å². The first-order valence-corrected chi connectivity index (χ1v) is 7.34. The molecule has 0 aliphatic rings. The molecule has 100 valence electrons. The maximum absolute atomic E-state index is 9.62. The van der Waals surface area contributed by atoms with Gasteiger partial charge in [0.05, 0.1) is 6.61 Å². The van der Waals surface area contributed by atoms with Gasteiger partial charge in [0.15, 0.2) is 10.3 Å². The van der Waals surface area contributed by atoms with Crippen LogP contribution in [0.25, 0.3) is 0 Å². The third kappa shape index (κ3) is 5.52. The van der Waals surface area contributed by atoms with E-state index in [4.69, 9.17) is 4.74 Å². The molecule has 2 aromatic heterocycles. The van der Waals surface area contributed by atoms with Gasteiger partial charge in [0, 0.05) is 30.5 Å². The molecule has 0 aromatic carbocycles. The SMILES string of the molecule is OC(OCCSc1ncccn1)Sc1ncccn1. The molecule has 1 atom stereocenters. The van der Waals surface area contributed by atoms with Crippen LogP contribution in [0.3, 0.4) is 0 Å². The van der Waals surface area contributed by atoms with Crippen molar-refractivity contribution in [2.45, 2.75) is 15.9 Å². The Labute approximate surface area is 119 Å². The second-order valence-corrected chi connectivity index (χ2v) is 5.27. The topological polar surface area (TPSA) is 81.0 Å². The van der Waals surface area contributed by atoms with Crippen molar-refractivity contribution in [3.05, 3.63) is 36.9 Å². The molecule has 19 heavy (non-hydrogen) atoms. The fourth-order valence-corrected chi connectivity index (χ4v) is 2.33. The summed E-state index contributed by atoms with van der Waals surface area (Å²) in [6.07, 6.45) is 6.61. The van der Waals surface area contributed by atoms with E-state index in [9.17, 15) is 5.11 Å². The molecule has 0 fully saturated rings. The van der Waals surface area contributed by atoms with Gasteiger partial charge >= 0.3 is 0 Å². The molecular weight excluding hydrogens is 284 g/mol. The van der Waals surface area contributed by atoms with Crippen LogP contribution < -0.4 is 0 Å². The molecule has 0 saturated heterocycles. The second-order valence-electron chi connectivity index (χ2n) is 3.21. The first kappa shape index (κ1) is 14.2. The maximum atomic E-state index is 9.62. The lowest BCUT2D eigenvalue weighted by Crippen LogP contribution is -2.10. The molecule has 0 saturated carbocycles. The Morgan fingerprint density at radius 3 is 2.21 bits per heavy atom. The first-order valence-electron chi connectivity index (χ1n) is 5.48. The minimum Gasteiger partial charge on any atom is -0.359 e. The molecule has 0 spiro atoms. The Hall–Kier alpha value is -1.22. The monoisotopic (exact) mass is 296 g/mol. The van der Waals surface area contributed by atoms with Crippen molar-refractivity contribution in [1.82, 2.24) is 19.9 Å². The zero-order chi connectivity index (χ0) is 13.3. The number of nitrogens with zero attached hydrogens (tertiary/aromatic N) is 4. The summed E-state index contributed by atoms with van der Waals surface area (Å²) in [6, 6.07) is 3.48. The van der Waals surface area contributed by atoms with Gasteiger partial charge in [-0.2, -0.15) is 0 Å². The molecule has 2 rings (SSSR count). The number of aromatic nitrogens is 4. The molecule has 0 aliphatic carbocycles. The predicted molar refractivity (Wildman–Crippen MR) is 72.6 cm³/mol. The normalized spacial score (nSPS) is 12.3. The molecule has 6 nitrogen and oxygen atoms in total. The third-order valence-corrected chi connectivity index (χ3v) is 3.46. The standard InChI is InChI=1S/C11H12N4O2S2/c16-11(19-10-14-5-2-6-15-10)17-7-8-18-9-12-3-1-4-13-9/h1-6,11,16H,7-8H2. The first-order chi connectivity index (χ1) is 9.34. The lowest BCUT2D eigenvalue weighted by atomic mass is 10.7. The van der Waals surface area contributed by atoms with Gasteiger partial charge < -0.3 is 9.84 Å². The van der Waals surface area contributed by atoms with Gasteiger partial charge in [-0.05, 0) is 23.9 Å². The van der Waals surface area contributed by atoms with Gasteiger partial charge in [-0.15, -0.1) is 0 Å². The van der Waals surface area contributed by atoms with Crippen molar-refractivity contribution < 1.29 is 9.84 Å². The molecule has 8 heteroatoms. The third-order valence-electron chi connectivity index (χ3n) is 1.87. The molecule has 0 amide bonds. The molecule has 2 heterocycles. The summed E-state index contributed by atoms with van der Waals surface area (Å²) in [6.45, 7) is 0.393. The van der Waals surface area contributed by atoms with E-state index in [2.05, 4.69) is 19.9 Å². The minimum atomic E-state index is -0.973. The van der Waals surface area contributed by atoms with Crippen LogP contribution in [-0.4, -0.2) is 43.0 Å². The average Bonchev–Trinajstić information content (AvgIpc) is 2.46. The second kappa shape index (κ2) is 8.05. The molecule has 1 unspecified atom stereocenters. The highest BCUT2D eigenvalue weighted by molar-refractivity contribution is 7.99. The Bertz CT molecular complexity index is 475. The summed E-state index contributed by atoms with van der Waals surface area (Å²) in [5.74, 6) is 0.664. The number of aliphatic hydroxyl groups excluding tert-OH is 1. The molecule has 0 radical (unpaired) electrons. The zero-order valence-corrected chi connectivity index (χ0v) is 11.5. The summed E-state index contributed by atoms with van der Waals surface area (Å²) in [5, 5.41) is 10.8. The van der Waals surface area contributed by atoms with Gasteiger partial charge in [-0.25, -0.2) is 19.9 Å². The number of rotatable bonds is 7. The van der Waals surface area contributed by atoms with E-state index < -0.39 is 5.62 Å². The fraction of sp³-hybridized carbons (Fsp3) is 0.273. The largest absolute Gasteiger partial charge is 0.359 e. The van der Waals surface area contributed by atoms with Crippen molar-refractivity contribution in [3.8, 4) is 0 Å².